The van der Waals surface area contributed by atoms with Crippen LogP contribution >= 0.6 is 0 Å². The molecule has 0 saturated carbocycles. The number of aromatic amines is 2. The number of methoxy groups -OCH3 is 1. The number of benzene rings is 5. The lowest BCUT2D eigenvalue weighted by Crippen LogP contribution is -2.38. The average Bonchev–Trinajstić information content (AvgIpc) is 3.61. The van der Waals surface area contributed by atoms with Gasteiger partial charge in [0.15, 0.2) is 0 Å². The molecule has 3 nitrogen and oxygen atoms in total. The van der Waals surface area contributed by atoms with Gasteiger partial charge in [0.2, 0.25) is 0 Å². The number of rotatable bonds is 4. The van der Waals surface area contributed by atoms with Crippen molar-refractivity contribution in [1.29, 1.82) is 0 Å². The van der Waals surface area contributed by atoms with Crippen LogP contribution in [0.5, 0.6) is 5.75 Å². The van der Waals surface area contributed by atoms with Gasteiger partial charge in [-0.25, -0.2) is 8.78 Å². The molecule has 204 valence electrons. The third-order valence-electron chi connectivity index (χ3n) is 8.81. The standard InChI is InChI=1S/C37H26F2N2O/c1-42-30-13-7-12-29-33(30)34-31(22-8-3-2-4-9-22)32-27-10-5-6-11-28(27)40-35(32)37(36(34)41-29,23-14-18-25(38)19-15-23)24-16-20-26(39)21-17-24/h2-21,31,40-41H,1H3/t31-/m1/s1. The molecule has 8 rings (SSSR count). The summed E-state index contributed by atoms with van der Waals surface area (Å²) in [6.07, 6.45) is 0. The summed E-state index contributed by atoms with van der Waals surface area (Å²) in [5, 5.41) is 2.10. The highest BCUT2D eigenvalue weighted by Gasteiger charge is 2.51. The lowest BCUT2D eigenvalue weighted by atomic mass is 9.61. The first-order chi connectivity index (χ1) is 20.6. The third-order valence-corrected chi connectivity index (χ3v) is 8.81. The van der Waals surface area contributed by atoms with Gasteiger partial charge < -0.3 is 14.7 Å². The number of fused-ring (bicyclic) bond motifs is 6. The van der Waals surface area contributed by atoms with Crippen LogP contribution in [0.15, 0.2) is 121 Å². The summed E-state index contributed by atoms with van der Waals surface area (Å²) in [4.78, 5) is 7.61. The Morgan fingerprint density at radius 1 is 0.595 bits per heavy atom. The zero-order chi connectivity index (χ0) is 28.4. The Hall–Kier alpha value is -5.16. The Kier molecular flexibility index (Phi) is 5.38. The van der Waals surface area contributed by atoms with Crippen LogP contribution in [0.2, 0.25) is 0 Å². The Balaban J connectivity index is 1.64. The monoisotopic (exact) mass is 552 g/mol. The van der Waals surface area contributed by atoms with E-state index in [9.17, 15) is 8.78 Å². The maximum atomic E-state index is 14.5. The van der Waals surface area contributed by atoms with Crippen molar-refractivity contribution in [2.45, 2.75) is 11.3 Å². The highest BCUT2D eigenvalue weighted by molar-refractivity contribution is 5.98. The number of H-pyrrole nitrogens is 2. The van der Waals surface area contributed by atoms with E-state index in [2.05, 4.69) is 58.5 Å². The van der Waals surface area contributed by atoms with Crippen LogP contribution in [0.3, 0.4) is 0 Å². The summed E-state index contributed by atoms with van der Waals surface area (Å²) in [5.41, 5.74) is 7.97. The summed E-state index contributed by atoms with van der Waals surface area (Å²) in [6.45, 7) is 0. The van der Waals surface area contributed by atoms with E-state index < -0.39 is 5.41 Å². The van der Waals surface area contributed by atoms with E-state index in [1.165, 1.54) is 24.3 Å². The van der Waals surface area contributed by atoms with E-state index >= 15 is 0 Å². The molecule has 0 bridgehead atoms. The second-order valence-electron chi connectivity index (χ2n) is 10.9. The third kappa shape index (κ3) is 3.31. The topological polar surface area (TPSA) is 40.8 Å². The average molecular weight is 553 g/mol. The molecule has 0 aliphatic heterocycles. The minimum Gasteiger partial charge on any atom is -0.496 e. The Morgan fingerprint density at radius 3 is 1.83 bits per heavy atom. The summed E-state index contributed by atoms with van der Waals surface area (Å²) < 4.78 is 34.9. The van der Waals surface area contributed by atoms with Gasteiger partial charge in [0.1, 0.15) is 22.8 Å². The molecule has 1 atom stereocenters. The Morgan fingerprint density at radius 2 is 1.17 bits per heavy atom. The van der Waals surface area contributed by atoms with Crippen LogP contribution in [0.25, 0.3) is 21.8 Å². The molecule has 2 heterocycles. The number of hydrogen-bond donors (Lipinski definition) is 2. The summed E-state index contributed by atoms with van der Waals surface area (Å²) >= 11 is 0. The zero-order valence-corrected chi connectivity index (χ0v) is 22.8. The number of ether oxygens (including phenoxy) is 1. The SMILES string of the molecule is COc1cccc2[nH]c3c(c12)[C@H](c1ccccc1)c1c([nH]c2ccccc12)C3(c1ccc(F)cc1)c1ccc(F)cc1. The van der Waals surface area contributed by atoms with Crippen molar-refractivity contribution >= 4 is 21.8 Å². The largest absolute Gasteiger partial charge is 0.496 e. The molecule has 2 N–H and O–H groups in total. The Labute approximate surface area is 241 Å². The van der Waals surface area contributed by atoms with Crippen molar-refractivity contribution in [2.24, 2.45) is 0 Å². The maximum absolute atomic E-state index is 14.5. The number of halogens is 2. The highest BCUT2D eigenvalue weighted by Crippen LogP contribution is 2.59. The molecule has 42 heavy (non-hydrogen) atoms. The van der Waals surface area contributed by atoms with Gasteiger partial charge in [-0.2, -0.15) is 0 Å². The summed E-state index contributed by atoms with van der Waals surface area (Å²) in [6, 6.07) is 38.2. The lowest BCUT2D eigenvalue weighted by Gasteiger charge is -2.41. The van der Waals surface area contributed by atoms with Gasteiger partial charge in [-0.15, -0.1) is 0 Å². The minimum absolute atomic E-state index is 0.147. The van der Waals surface area contributed by atoms with Crippen molar-refractivity contribution in [3.05, 3.63) is 172 Å². The second-order valence-corrected chi connectivity index (χ2v) is 10.9. The second kappa shape index (κ2) is 9.18. The fourth-order valence-corrected chi connectivity index (χ4v) is 7.15. The Bertz CT molecular complexity index is 2050. The molecule has 1 aliphatic rings. The molecule has 0 fully saturated rings. The van der Waals surface area contributed by atoms with E-state index in [1.807, 2.05) is 48.5 Å². The molecule has 1 aliphatic carbocycles. The van der Waals surface area contributed by atoms with Crippen LogP contribution in [0.4, 0.5) is 8.78 Å². The molecule has 2 aromatic heterocycles. The zero-order valence-electron chi connectivity index (χ0n) is 22.8. The first-order valence-electron chi connectivity index (χ1n) is 14.0. The number of para-hydroxylation sites is 1. The van der Waals surface area contributed by atoms with E-state index in [4.69, 9.17) is 4.74 Å². The minimum atomic E-state index is -0.944. The molecular formula is C37H26F2N2O. The van der Waals surface area contributed by atoms with E-state index in [1.54, 1.807) is 7.11 Å². The van der Waals surface area contributed by atoms with Crippen LogP contribution in [-0.2, 0) is 5.41 Å². The quantitative estimate of drug-likeness (QED) is 0.225. The number of hydrogen-bond acceptors (Lipinski definition) is 1. The van der Waals surface area contributed by atoms with E-state index in [0.29, 0.717) is 0 Å². The number of nitrogens with one attached hydrogen (secondary N) is 2. The fraction of sp³-hybridized carbons (Fsp3) is 0.0811. The van der Waals surface area contributed by atoms with Gasteiger partial charge in [-0.05, 0) is 70.3 Å². The molecular weight excluding hydrogens is 526 g/mol. The van der Waals surface area contributed by atoms with Gasteiger partial charge in [0, 0.05) is 39.1 Å². The van der Waals surface area contributed by atoms with Crippen LogP contribution in [0, 0.1) is 11.6 Å². The van der Waals surface area contributed by atoms with E-state index in [-0.39, 0.29) is 17.6 Å². The first kappa shape index (κ1) is 24.6. The smallest absolute Gasteiger partial charge is 0.128 e. The predicted molar refractivity (Wildman–Crippen MR) is 162 cm³/mol. The predicted octanol–water partition coefficient (Wildman–Crippen LogP) is 8.81. The molecule has 5 heteroatoms. The molecule has 0 radical (unpaired) electrons. The highest BCUT2D eigenvalue weighted by atomic mass is 19.1. The van der Waals surface area contributed by atoms with Crippen LogP contribution < -0.4 is 4.74 Å². The van der Waals surface area contributed by atoms with Gasteiger partial charge in [-0.1, -0.05) is 78.9 Å². The van der Waals surface area contributed by atoms with Crippen molar-refractivity contribution in [3.63, 3.8) is 0 Å². The molecule has 5 aromatic carbocycles. The normalized spacial score (nSPS) is 15.5. The van der Waals surface area contributed by atoms with E-state index in [0.717, 1.165) is 66.8 Å². The van der Waals surface area contributed by atoms with Gasteiger partial charge in [0.05, 0.1) is 7.11 Å². The van der Waals surface area contributed by atoms with Crippen LogP contribution in [-0.4, -0.2) is 17.1 Å². The first-order valence-corrected chi connectivity index (χ1v) is 14.0. The lowest BCUT2D eigenvalue weighted by molar-refractivity contribution is 0.419. The molecule has 0 amide bonds. The maximum Gasteiger partial charge on any atom is 0.128 e. The van der Waals surface area contributed by atoms with Crippen molar-refractivity contribution in [2.75, 3.05) is 7.11 Å². The molecule has 0 spiro atoms. The van der Waals surface area contributed by atoms with Crippen molar-refractivity contribution in [3.8, 4) is 5.75 Å². The van der Waals surface area contributed by atoms with Crippen molar-refractivity contribution < 1.29 is 13.5 Å². The van der Waals surface area contributed by atoms with Crippen LogP contribution in [0.1, 0.15) is 45.1 Å². The summed E-state index contributed by atoms with van der Waals surface area (Å²) in [5.74, 6) is -0.0180. The number of aromatic nitrogens is 2. The molecule has 7 aromatic rings. The fourth-order valence-electron chi connectivity index (χ4n) is 7.15. The summed E-state index contributed by atoms with van der Waals surface area (Å²) in [7, 11) is 1.69. The van der Waals surface area contributed by atoms with Gasteiger partial charge in [-0.3, -0.25) is 0 Å². The molecule has 0 unspecified atom stereocenters. The van der Waals surface area contributed by atoms with Crippen molar-refractivity contribution in [1.82, 2.24) is 9.97 Å². The molecule has 0 saturated heterocycles. The van der Waals surface area contributed by atoms with Gasteiger partial charge >= 0.3 is 0 Å². The van der Waals surface area contributed by atoms with Gasteiger partial charge in [0.25, 0.3) is 0 Å².